The topological polar surface area (TPSA) is 12.0 Å². The van der Waals surface area contributed by atoms with E-state index in [4.69, 9.17) is 23.2 Å². The number of rotatable bonds is 5. The van der Waals surface area contributed by atoms with Crippen molar-refractivity contribution in [2.45, 2.75) is 49.0 Å². The maximum Gasteiger partial charge on any atom is 0.0453 e. The number of benzene rings is 1. The second kappa shape index (κ2) is 8.35. The third-order valence-electron chi connectivity index (χ3n) is 3.94. The Kier molecular flexibility index (Phi) is 7.08. The number of nitrogens with one attached hydrogen (secondary N) is 1. The molecule has 21 heavy (non-hydrogen) atoms. The molecule has 1 N–H and O–H groups in total. The van der Waals surface area contributed by atoms with Crippen LogP contribution in [0.15, 0.2) is 18.2 Å². The molecule has 1 aliphatic heterocycles. The summed E-state index contributed by atoms with van der Waals surface area (Å²) in [6, 6.07) is 6.29. The van der Waals surface area contributed by atoms with Gasteiger partial charge < -0.3 is 5.32 Å². The van der Waals surface area contributed by atoms with Gasteiger partial charge >= 0.3 is 0 Å². The summed E-state index contributed by atoms with van der Waals surface area (Å²) >= 11 is 16.5. The first-order valence-corrected chi connectivity index (χ1v) is 10.2. The van der Waals surface area contributed by atoms with Gasteiger partial charge in [-0.1, -0.05) is 50.0 Å². The summed E-state index contributed by atoms with van der Waals surface area (Å²) in [7, 11) is 0. The molecule has 0 aliphatic carbocycles. The van der Waals surface area contributed by atoms with E-state index in [9.17, 15) is 0 Å². The van der Waals surface area contributed by atoms with Crippen LogP contribution in [0.2, 0.25) is 10.0 Å². The van der Waals surface area contributed by atoms with Crippen LogP contribution in [-0.4, -0.2) is 34.1 Å². The van der Waals surface area contributed by atoms with Crippen molar-refractivity contribution in [2.24, 2.45) is 0 Å². The summed E-state index contributed by atoms with van der Waals surface area (Å²) in [4.78, 5) is 0. The Morgan fingerprint density at radius 1 is 1.29 bits per heavy atom. The number of halogens is 2. The minimum atomic E-state index is 0.459. The van der Waals surface area contributed by atoms with E-state index >= 15 is 0 Å². The molecule has 0 saturated carbocycles. The van der Waals surface area contributed by atoms with Gasteiger partial charge in [0, 0.05) is 37.6 Å². The predicted octanol–water partition coefficient (Wildman–Crippen LogP) is 5.14. The molecule has 1 aromatic carbocycles. The zero-order valence-corrected chi connectivity index (χ0v) is 15.9. The molecular weight excluding hydrogens is 341 g/mol. The van der Waals surface area contributed by atoms with E-state index in [1.807, 2.05) is 12.1 Å². The van der Waals surface area contributed by atoms with Crippen molar-refractivity contribution < 1.29 is 0 Å². The van der Waals surface area contributed by atoms with Gasteiger partial charge in [0.1, 0.15) is 0 Å². The van der Waals surface area contributed by atoms with E-state index in [1.165, 1.54) is 11.3 Å². The minimum absolute atomic E-state index is 0.459. The Morgan fingerprint density at radius 2 is 2.05 bits per heavy atom. The summed E-state index contributed by atoms with van der Waals surface area (Å²) < 4.78 is 0. The fourth-order valence-corrected chi connectivity index (χ4v) is 6.16. The van der Waals surface area contributed by atoms with Crippen LogP contribution in [0.25, 0.3) is 0 Å². The van der Waals surface area contributed by atoms with Crippen LogP contribution in [0, 0.1) is 0 Å². The summed E-state index contributed by atoms with van der Waals surface area (Å²) in [6.07, 6.45) is 0.961. The lowest BCUT2D eigenvalue weighted by Gasteiger charge is -2.36. The quantitative estimate of drug-likeness (QED) is 0.777. The molecule has 1 saturated heterocycles. The van der Waals surface area contributed by atoms with Crippen molar-refractivity contribution in [3.8, 4) is 0 Å². The highest BCUT2D eigenvalue weighted by molar-refractivity contribution is 8.07. The van der Waals surface area contributed by atoms with E-state index in [0.717, 1.165) is 23.2 Å². The van der Waals surface area contributed by atoms with Gasteiger partial charge in [0.15, 0.2) is 0 Å². The third-order valence-corrected chi connectivity index (χ3v) is 8.08. The van der Waals surface area contributed by atoms with Gasteiger partial charge in [0.05, 0.1) is 0 Å². The summed E-state index contributed by atoms with van der Waals surface area (Å²) in [5, 5.41) is 7.21. The summed E-state index contributed by atoms with van der Waals surface area (Å²) in [5.41, 5.74) is 1.18. The maximum atomic E-state index is 6.34. The van der Waals surface area contributed by atoms with Crippen molar-refractivity contribution in [1.29, 1.82) is 0 Å². The molecule has 1 nitrogen and oxygen atoms in total. The molecule has 0 aromatic heterocycles. The molecule has 2 rings (SSSR count). The molecule has 1 aromatic rings. The first-order chi connectivity index (χ1) is 10.0. The first-order valence-electron chi connectivity index (χ1n) is 7.45. The van der Waals surface area contributed by atoms with Crippen LogP contribution in [0.3, 0.4) is 0 Å². The van der Waals surface area contributed by atoms with Gasteiger partial charge in [-0.2, -0.15) is 23.5 Å². The van der Waals surface area contributed by atoms with Gasteiger partial charge in [-0.15, -0.1) is 0 Å². The van der Waals surface area contributed by atoms with Crippen LogP contribution in [-0.2, 0) is 6.42 Å². The standard InChI is InChI=1S/C16H23Cl2NS2/c1-4-19-15(16-9-20-10(2)11(3)21-16)7-12-5-6-13(17)8-14(12)18/h5-6,8,10-11,15-16,19H,4,7,9H2,1-3H3. The van der Waals surface area contributed by atoms with E-state index in [2.05, 4.69) is 55.7 Å². The van der Waals surface area contributed by atoms with Crippen LogP contribution in [0.1, 0.15) is 26.3 Å². The summed E-state index contributed by atoms with van der Waals surface area (Å²) in [6.45, 7) is 7.83. The smallest absolute Gasteiger partial charge is 0.0453 e. The molecular formula is C16H23Cl2NS2. The lowest BCUT2D eigenvalue weighted by molar-refractivity contribution is 0.520. The first kappa shape index (κ1) is 17.8. The van der Waals surface area contributed by atoms with Crippen molar-refractivity contribution in [1.82, 2.24) is 5.32 Å². The maximum absolute atomic E-state index is 6.34. The Bertz CT molecular complexity index is 470. The van der Waals surface area contributed by atoms with Gasteiger partial charge in [-0.05, 0) is 30.7 Å². The molecule has 5 heteroatoms. The molecule has 1 fully saturated rings. The Labute approximate surface area is 146 Å². The van der Waals surface area contributed by atoms with Crippen LogP contribution in [0.5, 0.6) is 0 Å². The Morgan fingerprint density at radius 3 is 2.67 bits per heavy atom. The largest absolute Gasteiger partial charge is 0.313 e. The normalized spacial score (nSPS) is 27.6. The second-order valence-electron chi connectivity index (χ2n) is 5.52. The summed E-state index contributed by atoms with van der Waals surface area (Å²) in [5.74, 6) is 1.21. The second-order valence-corrected chi connectivity index (χ2v) is 9.40. The molecule has 0 spiro atoms. The third kappa shape index (κ3) is 4.97. The van der Waals surface area contributed by atoms with Gasteiger partial charge in [0.2, 0.25) is 0 Å². The fraction of sp³-hybridized carbons (Fsp3) is 0.625. The predicted molar refractivity (Wildman–Crippen MR) is 100 cm³/mol. The van der Waals surface area contributed by atoms with E-state index in [-0.39, 0.29) is 0 Å². The number of likely N-dealkylation sites (N-methyl/N-ethyl adjacent to an activating group) is 1. The average molecular weight is 364 g/mol. The molecule has 4 atom stereocenters. The SMILES string of the molecule is CCNC(Cc1ccc(Cl)cc1Cl)C1CSC(C)C(C)S1. The van der Waals surface area contributed by atoms with Crippen molar-refractivity contribution in [3.63, 3.8) is 0 Å². The lowest BCUT2D eigenvalue weighted by atomic mass is 10.0. The van der Waals surface area contributed by atoms with E-state index < -0.39 is 0 Å². The molecule has 4 unspecified atom stereocenters. The minimum Gasteiger partial charge on any atom is -0.313 e. The number of hydrogen-bond acceptors (Lipinski definition) is 3. The highest BCUT2D eigenvalue weighted by atomic mass is 35.5. The molecule has 1 heterocycles. The zero-order valence-electron chi connectivity index (χ0n) is 12.7. The Hall–Kier alpha value is 0.460. The molecule has 1 aliphatic rings. The van der Waals surface area contributed by atoms with Gasteiger partial charge in [-0.25, -0.2) is 0 Å². The molecule has 0 bridgehead atoms. The van der Waals surface area contributed by atoms with Crippen molar-refractivity contribution in [2.75, 3.05) is 12.3 Å². The molecule has 0 radical (unpaired) electrons. The van der Waals surface area contributed by atoms with Crippen molar-refractivity contribution >= 4 is 46.7 Å². The molecule has 0 amide bonds. The highest BCUT2D eigenvalue weighted by Crippen LogP contribution is 2.38. The van der Waals surface area contributed by atoms with E-state index in [1.54, 1.807) is 0 Å². The Balaban J connectivity index is 2.08. The van der Waals surface area contributed by atoms with Gasteiger partial charge in [-0.3, -0.25) is 0 Å². The number of thioether (sulfide) groups is 2. The van der Waals surface area contributed by atoms with Crippen LogP contribution in [0.4, 0.5) is 0 Å². The van der Waals surface area contributed by atoms with E-state index in [0.29, 0.717) is 21.6 Å². The lowest BCUT2D eigenvalue weighted by Crippen LogP contribution is -2.44. The monoisotopic (exact) mass is 363 g/mol. The zero-order chi connectivity index (χ0) is 15.4. The van der Waals surface area contributed by atoms with Crippen LogP contribution < -0.4 is 5.32 Å². The fourth-order valence-electron chi connectivity index (χ4n) is 2.54. The number of hydrogen-bond donors (Lipinski definition) is 1. The van der Waals surface area contributed by atoms with Gasteiger partial charge in [0.25, 0.3) is 0 Å². The van der Waals surface area contributed by atoms with Crippen LogP contribution >= 0.6 is 46.7 Å². The van der Waals surface area contributed by atoms with Crippen molar-refractivity contribution in [3.05, 3.63) is 33.8 Å². The molecule has 118 valence electrons. The average Bonchev–Trinajstić information content (AvgIpc) is 2.44. The highest BCUT2D eigenvalue weighted by Gasteiger charge is 2.31.